The number of rotatable bonds is 4. The SMILES string of the molecule is CCC1(C(=O)O)C2CC(Cc3cc(F)cc(F)c3)C(=O)C21. The fourth-order valence-electron chi connectivity index (χ4n) is 4.12. The molecule has 2 aliphatic rings. The lowest BCUT2D eigenvalue weighted by molar-refractivity contribution is -0.147. The Morgan fingerprint density at radius 2 is 1.95 bits per heavy atom. The van der Waals surface area contributed by atoms with Gasteiger partial charge in [-0.05, 0) is 42.9 Å². The van der Waals surface area contributed by atoms with Crippen molar-refractivity contribution in [1.29, 1.82) is 0 Å². The van der Waals surface area contributed by atoms with Gasteiger partial charge in [-0.1, -0.05) is 6.92 Å². The van der Waals surface area contributed by atoms with Crippen LogP contribution in [-0.2, 0) is 16.0 Å². The smallest absolute Gasteiger partial charge is 0.310 e. The van der Waals surface area contributed by atoms with Crippen molar-refractivity contribution in [1.82, 2.24) is 0 Å². The number of carboxylic acid groups (broad SMARTS) is 1. The van der Waals surface area contributed by atoms with E-state index in [1.54, 1.807) is 6.92 Å². The van der Waals surface area contributed by atoms with E-state index in [0.29, 0.717) is 18.4 Å². The average Bonchev–Trinajstić information content (AvgIpc) is 2.93. The number of hydrogen-bond acceptors (Lipinski definition) is 2. The molecule has 112 valence electrons. The molecular formula is C16H16F2O3. The molecule has 3 rings (SSSR count). The summed E-state index contributed by atoms with van der Waals surface area (Å²) in [4.78, 5) is 23.7. The number of Topliss-reactive ketones (excluding diaryl/α,β-unsaturated/α-hetero) is 1. The zero-order valence-corrected chi connectivity index (χ0v) is 11.6. The first-order valence-corrected chi connectivity index (χ1v) is 7.12. The van der Waals surface area contributed by atoms with Gasteiger partial charge in [-0.15, -0.1) is 0 Å². The first kappa shape index (κ1) is 14.2. The van der Waals surface area contributed by atoms with Gasteiger partial charge in [-0.3, -0.25) is 9.59 Å². The maximum absolute atomic E-state index is 13.2. The van der Waals surface area contributed by atoms with E-state index in [1.807, 2.05) is 0 Å². The van der Waals surface area contributed by atoms with Crippen molar-refractivity contribution in [3.63, 3.8) is 0 Å². The van der Waals surface area contributed by atoms with Crippen molar-refractivity contribution in [2.75, 3.05) is 0 Å². The normalized spacial score (nSPS) is 33.9. The van der Waals surface area contributed by atoms with Crippen LogP contribution in [0.2, 0.25) is 0 Å². The third kappa shape index (κ3) is 1.98. The Balaban J connectivity index is 1.75. The van der Waals surface area contributed by atoms with E-state index in [1.165, 1.54) is 12.1 Å². The molecule has 1 aromatic rings. The van der Waals surface area contributed by atoms with E-state index in [2.05, 4.69) is 0 Å². The molecule has 5 heteroatoms. The Morgan fingerprint density at radius 3 is 2.38 bits per heavy atom. The van der Waals surface area contributed by atoms with Crippen molar-refractivity contribution in [3.8, 4) is 0 Å². The van der Waals surface area contributed by atoms with Crippen LogP contribution in [0.1, 0.15) is 25.3 Å². The summed E-state index contributed by atoms with van der Waals surface area (Å²) in [6, 6.07) is 3.25. The summed E-state index contributed by atoms with van der Waals surface area (Å²) in [5.74, 6) is -3.12. The average molecular weight is 294 g/mol. The van der Waals surface area contributed by atoms with E-state index in [-0.39, 0.29) is 24.0 Å². The summed E-state index contributed by atoms with van der Waals surface area (Å²) in [5.41, 5.74) is -0.439. The van der Waals surface area contributed by atoms with E-state index < -0.39 is 28.9 Å². The molecule has 4 atom stereocenters. The summed E-state index contributed by atoms with van der Waals surface area (Å²) in [7, 11) is 0. The quantitative estimate of drug-likeness (QED) is 0.929. The molecule has 0 radical (unpaired) electrons. The maximum Gasteiger partial charge on any atom is 0.310 e. The van der Waals surface area contributed by atoms with E-state index >= 15 is 0 Å². The number of ketones is 1. The number of halogens is 2. The molecule has 0 bridgehead atoms. The highest BCUT2D eigenvalue weighted by Gasteiger charge is 2.75. The molecule has 1 aromatic carbocycles. The number of benzene rings is 1. The molecule has 0 aliphatic heterocycles. The summed E-state index contributed by atoms with van der Waals surface area (Å²) in [6.07, 6.45) is 1.23. The molecule has 0 amide bonds. The minimum absolute atomic E-state index is 0.0612. The standard InChI is InChI=1S/C16H16F2O3/c1-2-16(15(20)21)12-6-9(14(19)13(12)16)3-8-4-10(17)7-11(18)5-8/h4-5,7,9,12-13H,2-3,6H2,1H3,(H,20,21). The molecule has 2 saturated carbocycles. The van der Waals surface area contributed by atoms with Crippen molar-refractivity contribution in [3.05, 3.63) is 35.4 Å². The minimum atomic E-state index is -0.899. The van der Waals surface area contributed by atoms with Crippen LogP contribution in [0, 0.1) is 34.8 Å². The first-order chi connectivity index (χ1) is 9.90. The second-order valence-electron chi connectivity index (χ2n) is 6.10. The molecule has 21 heavy (non-hydrogen) atoms. The van der Waals surface area contributed by atoms with Crippen molar-refractivity contribution in [2.24, 2.45) is 23.2 Å². The zero-order chi connectivity index (χ0) is 15.4. The van der Waals surface area contributed by atoms with Gasteiger partial charge in [-0.25, -0.2) is 8.78 Å². The molecule has 4 unspecified atom stereocenters. The van der Waals surface area contributed by atoms with Gasteiger partial charge in [0.15, 0.2) is 0 Å². The number of aliphatic carboxylic acids is 1. The van der Waals surface area contributed by atoms with Gasteiger partial charge in [0.2, 0.25) is 0 Å². The van der Waals surface area contributed by atoms with Crippen molar-refractivity contribution < 1.29 is 23.5 Å². The zero-order valence-electron chi connectivity index (χ0n) is 11.6. The molecule has 0 saturated heterocycles. The number of carbonyl (C=O) groups is 2. The van der Waals surface area contributed by atoms with Gasteiger partial charge in [0.25, 0.3) is 0 Å². The van der Waals surface area contributed by atoms with Gasteiger partial charge in [0.05, 0.1) is 5.41 Å². The van der Waals surface area contributed by atoms with Gasteiger partial charge < -0.3 is 5.11 Å². The topological polar surface area (TPSA) is 54.4 Å². The molecule has 3 nitrogen and oxygen atoms in total. The summed E-state index contributed by atoms with van der Waals surface area (Å²) in [5, 5.41) is 9.32. The Hall–Kier alpha value is -1.78. The van der Waals surface area contributed by atoms with E-state index in [4.69, 9.17) is 0 Å². The van der Waals surface area contributed by atoms with E-state index in [9.17, 15) is 23.5 Å². The van der Waals surface area contributed by atoms with Crippen molar-refractivity contribution in [2.45, 2.75) is 26.2 Å². The lowest BCUT2D eigenvalue weighted by Gasteiger charge is -2.18. The van der Waals surface area contributed by atoms with Gasteiger partial charge in [0.1, 0.15) is 17.4 Å². The predicted molar refractivity (Wildman–Crippen MR) is 70.5 cm³/mol. The molecular weight excluding hydrogens is 278 g/mol. The number of carbonyl (C=O) groups excluding carboxylic acids is 1. The van der Waals surface area contributed by atoms with Crippen LogP contribution in [-0.4, -0.2) is 16.9 Å². The molecule has 2 aliphatic carbocycles. The summed E-state index contributed by atoms with van der Waals surface area (Å²) in [6.45, 7) is 1.79. The van der Waals surface area contributed by atoms with Crippen LogP contribution in [0.5, 0.6) is 0 Å². The van der Waals surface area contributed by atoms with Crippen molar-refractivity contribution >= 4 is 11.8 Å². The Labute approximate surface area is 121 Å². The van der Waals surface area contributed by atoms with Gasteiger partial charge in [-0.2, -0.15) is 0 Å². The van der Waals surface area contributed by atoms with Crippen LogP contribution in [0.3, 0.4) is 0 Å². The van der Waals surface area contributed by atoms with Crippen LogP contribution in [0.25, 0.3) is 0 Å². The highest BCUT2D eigenvalue weighted by Crippen LogP contribution is 2.69. The van der Waals surface area contributed by atoms with Crippen LogP contribution in [0.15, 0.2) is 18.2 Å². The maximum atomic E-state index is 13.2. The molecule has 0 spiro atoms. The van der Waals surface area contributed by atoms with E-state index in [0.717, 1.165) is 6.07 Å². The predicted octanol–water partition coefficient (Wildman–Crippen LogP) is 2.82. The van der Waals surface area contributed by atoms with Gasteiger partial charge in [0, 0.05) is 17.9 Å². The van der Waals surface area contributed by atoms with Gasteiger partial charge >= 0.3 is 5.97 Å². The highest BCUT2D eigenvalue weighted by molar-refractivity contribution is 5.98. The van der Waals surface area contributed by atoms with Crippen LogP contribution < -0.4 is 0 Å². The molecule has 0 aromatic heterocycles. The highest BCUT2D eigenvalue weighted by atomic mass is 19.1. The first-order valence-electron chi connectivity index (χ1n) is 7.12. The fraction of sp³-hybridized carbons (Fsp3) is 0.500. The number of carboxylic acids is 1. The molecule has 2 fully saturated rings. The number of fused-ring (bicyclic) bond motifs is 1. The summed E-state index contributed by atoms with van der Waals surface area (Å²) < 4.78 is 26.3. The second kappa shape index (κ2) is 4.61. The molecule has 1 N–H and O–H groups in total. The lowest BCUT2D eigenvalue weighted by Crippen LogP contribution is -2.27. The second-order valence-corrected chi connectivity index (χ2v) is 6.10. The lowest BCUT2D eigenvalue weighted by atomic mass is 9.84. The Bertz CT molecular complexity index is 608. The van der Waals surface area contributed by atoms with Crippen LogP contribution >= 0.6 is 0 Å². The third-order valence-electron chi connectivity index (χ3n) is 5.14. The van der Waals surface area contributed by atoms with Crippen LogP contribution in [0.4, 0.5) is 8.78 Å². The molecule has 0 heterocycles. The monoisotopic (exact) mass is 294 g/mol. The third-order valence-corrected chi connectivity index (χ3v) is 5.14. The summed E-state index contributed by atoms with van der Waals surface area (Å²) >= 11 is 0. The largest absolute Gasteiger partial charge is 0.481 e. The fourth-order valence-corrected chi connectivity index (χ4v) is 4.12. The minimum Gasteiger partial charge on any atom is -0.481 e. The Kier molecular flexibility index (Phi) is 3.11. The number of hydrogen-bond donors (Lipinski definition) is 1. The Morgan fingerprint density at radius 1 is 1.33 bits per heavy atom.